The Morgan fingerprint density at radius 1 is 1.57 bits per heavy atom. The van der Waals surface area contributed by atoms with Gasteiger partial charge < -0.3 is 4.57 Å². The number of carbonyl (C=O) groups is 1. The third-order valence-corrected chi connectivity index (χ3v) is 2.75. The second-order valence-electron chi connectivity index (χ2n) is 4.13. The van der Waals surface area contributed by atoms with Crippen molar-refractivity contribution in [2.75, 3.05) is 0 Å². The Hall–Kier alpha value is -1.05. The molecule has 14 heavy (non-hydrogen) atoms. The largest absolute Gasteiger partial charge is 0.354 e. The number of rotatable bonds is 5. The number of hydrogen-bond donors (Lipinski definition) is 0. The molecular formula is C12H17NO. The van der Waals surface area contributed by atoms with Gasteiger partial charge in [0.15, 0.2) is 5.78 Å². The van der Waals surface area contributed by atoms with E-state index in [1.54, 1.807) is 0 Å². The highest BCUT2D eigenvalue weighted by Gasteiger charge is 2.30. The lowest BCUT2D eigenvalue weighted by atomic mass is 10.1. The molecule has 0 bridgehead atoms. The average molecular weight is 191 g/mol. The molecule has 0 unspecified atom stereocenters. The van der Waals surface area contributed by atoms with Crippen LogP contribution in [0.5, 0.6) is 0 Å². The fraction of sp³-hybridized carbons (Fsp3) is 0.583. The molecular weight excluding hydrogens is 174 g/mol. The van der Waals surface area contributed by atoms with Crippen molar-refractivity contribution in [1.29, 1.82) is 0 Å². The summed E-state index contributed by atoms with van der Waals surface area (Å²) in [6, 6.07) is 1.95. The minimum absolute atomic E-state index is 0.344. The van der Waals surface area contributed by atoms with E-state index in [0.29, 0.717) is 11.7 Å². The number of unbranched alkanes of at least 4 members (excludes halogenated alkanes) is 1. The van der Waals surface area contributed by atoms with Crippen LogP contribution in [0.15, 0.2) is 18.5 Å². The van der Waals surface area contributed by atoms with Crippen LogP contribution in [0.2, 0.25) is 0 Å². The summed E-state index contributed by atoms with van der Waals surface area (Å²) in [6.45, 7) is 3.22. The summed E-state index contributed by atoms with van der Waals surface area (Å²) in [7, 11) is 0. The average Bonchev–Trinajstić information content (AvgIpc) is 2.94. The molecule has 1 fully saturated rings. The molecule has 0 spiro atoms. The standard InChI is InChI=1S/C12H17NO/c1-2-3-7-13-8-6-11(9-13)12(14)10-4-5-10/h6,8-10H,2-5,7H2,1H3. The van der Waals surface area contributed by atoms with E-state index >= 15 is 0 Å². The Labute approximate surface area is 84.9 Å². The molecule has 0 aliphatic heterocycles. The Kier molecular flexibility index (Phi) is 2.71. The van der Waals surface area contributed by atoms with E-state index in [1.807, 2.05) is 18.5 Å². The van der Waals surface area contributed by atoms with E-state index < -0.39 is 0 Å². The van der Waals surface area contributed by atoms with Crippen LogP contribution in [0.4, 0.5) is 0 Å². The summed E-state index contributed by atoms with van der Waals surface area (Å²) in [5, 5.41) is 0. The van der Waals surface area contributed by atoms with Gasteiger partial charge in [-0.1, -0.05) is 13.3 Å². The fourth-order valence-corrected chi connectivity index (χ4v) is 1.65. The molecule has 76 valence electrons. The first-order chi connectivity index (χ1) is 6.81. The third-order valence-electron chi connectivity index (χ3n) is 2.75. The van der Waals surface area contributed by atoms with E-state index in [-0.39, 0.29) is 0 Å². The molecule has 2 rings (SSSR count). The number of Topliss-reactive ketones (excluding diaryl/α,β-unsaturated/α-hetero) is 1. The predicted octanol–water partition coefficient (Wildman–Crippen LogP) is 2.88. The van der Waals surface area contributed by atoms with Crippen LogP contribution in [0, 0.1) is 5.92 Å². The molecule has 2 heteroatoms. The molecule has 1 aliphatic carbocycles. The van der Waals surface area contributed by atoms with E-state index in [9.17, 15) is 4.79 Å². The van der Waals surface area contributed by atoms with Crippen LogP contribution in [0.3, 0.4) is 0 Å². The lowest BCUT2D eigenvalue weighted by molar-refractivity contribution is 0.0967. The maximum atomic E-state index is 11.7. The van der Waals surface area contributed by atoms with Gasteiger partial charge in [-0.15, -0.1) is 0 Å². The quantitative estimate of drug-likeness (QED) is 0.656. The SMILES string of the molecule is CCCCn1ccc(C(=O)C2CC2)c1. The van der Waals surface area contributed by atoms with Gasteiger partial charge in [0, 0.05) is 30.4 Å². The Morgan fingerprint density at radius 3 is 3.00 bits per heavy atom. The lowest BCUT2D eigenvalue weighted by Crippen LogP contribution is -2.00. The molecule has 1 aromatic rings. The van der Waals surface area contributed by atoms with Crippen molar-refractivity contribution >= 4 is 5.78 Å². The van der Waals surface area contributed by atoms with E-state index in [0.717, 1.165) is 24.9 Å². The predicted molar refractivity (Wildman–Crippen MR) is 56.4 cm³/mol. The van der Waals surface area contributed by atoms with E-state index in [2.05, 4.69) is 11.5 Å². The maximum absolute atomic E-state index is 11.7. The third kappa shape index (κ3) is 2.06. The van der Waals surface area contributed by atoms with Crippen molar-refractivity contribution in [2.24, 2.45) is 5.92 Å². The van der Waals surface area contributed by atoms with Gasteiger partial charge in [-0.05, 0) is 25.3 Å². The number of carbonyl (C=O) groups excluding carboxylic acids is 1. The molecule has 0 aromatic carbocycles. The molecule has 2 nitrogen and oxygen atoms in total. The minimum Gasteiger partial charge on any atom is -0.354 e. The van der Waals surface area contributed by atoms with Crippen molar-refractivity contribution in [3.05, 3.63) is 24.0 Å². The summed E-state index contributed by atoms with van der Waals surface area (Å²) >= 11 is 0. The summed E-state index contributed by atoms with van der Waals surface area (Å²) < 4.78 is 2.12. The Bertz CT molecular complexity index is 323. The second kappa shape index (κ2) is 3.99. The van der Waals surface area contributed by atoms with Gasteiger partial charge in [-0.25, -0.2) is 0 Å². The second-order valence-corrected chi connectivity index (χ2v) is 4.13. The molecule has 0 amide bonds. The zero-order valence-electron chi connectivity index (χ0n) is 8.70. The van der Waals surface area contributed by atoms with Crippen molar-refractivity contribution in [1.82, 2.24) is 4.57 Å². The zero-order chi connectivity index (χ0) is 9.97. The summed E-state index contributed by atoms with van der Waals surface area (Å²) in [4.78, 5) is 11.7. The number of hydrogen-bond acceptors (Lipinski definition) is 1. The van der Waals surface area contributed by atoms with E-state index in [4.69, 9.17) is 0 Å². The van der Waals surface area contributed by atoms with Gasteiger partial charge in [-0.2, -0.15) is 0 Å². The van der Waals surface area contributed by atoms with Crippen molar-refractivity contribution in [2.45, 2.75) is 39.2 Å². The first-order valence-electron chi connectivity index (χ1n) is 5.51. The van der Waals surface area contributed by atoms with E-state index in [1.165, 1.54) is 12.8 Å². The number of ketones is 1. The normalized spacial score (nSPS) is 15.8. The molecule has 0 saturated heterocycles. The van der Waals surface area contributed by atoms with Gasteiger partial charge in [0.2, 0.25) is 0 Å². The van der Waals surface area contributed by atoms with Crippen LogP contribution < -0.4 is 0 Å². The van der Waals surface area contributed by atoms with Gasteiger partial charge >= 0.3 is 0 Å². The van der Waals surface area contributed by atoms with Crippen LogP contribution in [0.1, 0.15) is 43.0 Å². The Morgan fingerprint density at radius 2 is 2.36 bits per heavy atom. The molecule has 0 atom stereocenters. The highest BCUT2D eigenvalue weighted by molar-refractivity contribution is 5.99. The summed E-state index contributed by atoms with van der Waals surface area (Å²) in [6.07, 6.45) is 8.59. The first kappa shape index (κ1) is 9.50. The van der Waals surface area contributed by atoms with Crippen molar-refractivity contribution < 1.29 is 4.79 Å². The maximum Gasteiger partial charge on any atom is 0.167 e. The van der Waals surface area contributed by atoms with Crippen molar-refractivity contribution in [3.63, 3.8) is 0 Å². The van der Waals surface area contributed by atoms with Crippen LogP contribution in [-0.2, 0) is 6.54 Å². The highest BCUT2D eigenvalue weighted by Crippen LogP contribution is 2.32. The smallest absolute Gasteiger partial charge is 0.167 e. The fourth-order valence-electron chi connectivity index (χ4n) is 1.65. The molecule has 1 aliphatic rings. The number of nitrogens with zero attached hydrogens (tertiary/aromatic N) is 1. The molecule has 1 aromatic heterocycles. The monoisotopic (exact) mass is 191 g/mol. The first-order valence-corrected chi connectivity index (χ1v) is 5.51. The molecule has 1 heterocycles. The molecule has 0 N–H and O–H groups in total. The molecule has 1 saturated carbocycles. The van der Waals surface area contributed by atoms with Crippen LogP contribution in [-0.4, -0.2) is 10.4 Å². The molecule has 0 radical (unpaired) electrons. The van der Waals surface area contributed by atoms with Gasteiger partial charge in [0.05, 0.1) is 0 Å². The lowest BCUT2D eigenvalue weighted by Gasteiger charge is -1.99. The Balaban J connectivity index is 1.98. The van der Waals surface area contributed by atoms with Crippen LogP contribution >= 0.6 is 0 Å². The number of aryl methyl sites for hydroxylation is 1. The minimum atomic E-state index is 0.344. The zero-order valence-corrected chi connectivity index (χ0v) is 8.70. The van der Waals surface area contributed by atoms with Gasteiger partial charge in [0.1, 0.15) is 0 Å². The van der Waals surface area contributed by atoms with Gasteiger partial charge in [0.25, 0.3) is 0 Å². The summed E-state index contributed by atoms with van der Waals surface area (Å²) in [5.41, 5.74) is 0.906. The van der Waals surface area contributed by atoms with Crippen LogP contribution in [0.25, 0.3) is 0 Å². The summed E-state index contributed by atoms with van der Waals surface area (Å²) in [5.74, 6) is 0.692. The number of aromatic nitrogens is 1. The topological polar surface area (TPSA) is 22.0 Å². The van der Waals surface area contributed by atoms with Gasteiger partial charge in [-0.3, -0.25) is 4.79 Å². The van der Waals surface area contributed by atoms with Crippen molar-refractivity contribution in [3.8, 4) is 0 Å². The highest BCUT2D eigenvalue weighted by atomic mass is 16.1.